The third-order valence-corrected chi connectivity index (χ3v) is 5.10. The summed E-state index contributed by atoms with van der Waals surface area (Å²) in [6.45, 7) is 6.31. The van der Waals surface area contributed by atoms with Gasteiger partial charge in [-0.25, -0.2) is 9.78 Å². The Morgan fingerprint density at radius 3 is 2.95 bits per heavy atom. The van der Waals surface area contributed by atoms with Crippen LogP contribution in [0.15, 0.2) is 6.07 Å². The summed E-state index contributed by atoms with van der Waals surface area (Å²) in [4.78, 5) is 20.1. The van der Waals surface area contributed by atoms with E-state index in [0.717, 1.165) is 35.4 Å². The first-order valence-corrected chi connectivity index (χ1v) is 7.86. The van der Waals surface area contributed by atoms with Crippen molar-refractivity contribution in [2.45, 2.75) is 32.9 Å². The number of ether oxygens (including phenoxy) is 1. The number of carbonyl (C=O) groups is 1. The predicted octanol–water partition coefficient (Wildman–Crippen LogP) is 2.43. The first-order valence-electron chi connectivity index (χ1n) is 7.04. The third-order valence-electron chi connectivity index (χ3n) is 4.00. The lowest BCUT2D eigenvalue weighted by molar-refractivity contribution is 0.0607. The number of nitrogen functional groups attached to an aromatic ring is 1. The van der Waals surface area contributed by atoms with Crippen molar-refractivity contribution in [2.75, 3.05) is 19.4 Å². The zero-order valence-corrected chi connectivity index (χ0v) is 13.3. The first-order chi connectivity index (χ1) is 10.0. The smallest absolute Gasteiger partial charge is 0.350 e. The number of thiophene rings is 1. The highest BCUT2D eigenvalue weighted by molar-refractivity contribution is 7.21. The summed E-state index contributed by atoms with van der Waals surface area (Å²) >= 11 is 1.31. The van der Waals surface area contributed by atoms with Crippen LogP contribution in [0.1, 0.15) is 34.8 Å². The van der Waals surface area contributed by atoms with E-state index < -0.39 is 5.97 Å². The number of fused-ring (bicyclic) bond motifs is 2. The maximum atomic E-state index is 11.7. The van der Waals surface area contributed by atoms with Crippen molar-refractivity contribution in [1.29, 1.82) is 0 Å². The number of esters is 1. The lowest BCUT2D eigenvalue weighted by Crippen LogP contribution is -2.36. The Labute approximate surface area is 127 Å². The lowest BCUT2D eigenvalue weighted by atomic mass is 10.0. The molecule has 0 amide bonds. The van der Waals surface area contributed by atoms with Gasteiger partial charge in [-0.1, -0.05) is 0 Å². The van der Waals surface area contributed by atoms with E-state index in [2.05, 4.69) is 24.8 Å². The number of rotatable bonds is 2. The highest BCUT2D eigenvalue weighted by Crippen LogP contribution is 2.35. The van der Waals surface area contributed by atoms with Gasteiger partial charge >= 0.3 is 5.97 Å². The van der Waals surface area contributed by atoms with Gasteiger partial charge in [0.1, 0.15) is 9.71 Å². The maximum Gasteiger partial charge on any atom is 0.350 e. The van der Waals surface area contributed by atoms with Crippen LogP contribution in [0.25, 0.3) is 10.2 Å². The average molecular weight is 305 g/mol. The largest absolute Gasteiger partial charge is 0.465 e. The highest BCUT2D eigenvalue weighted by Gasteiger charge is 2.23. The number of nitrogens with two attached hydrogens (primary N) is 1. The van der Waals surface area contributed by atoms with E-state index in [1.807, 2.05) is 0 Å². The molecule has 2 aromatic heterocycles. The van der Waals surface area contributed by atoms with Crippen molar-refractivity contribution >= 4 is 33.2 Å². The second-order valence-electron chi connectivity index (χ2n) is 5.60. The predicted molar refractivity (Wildman–Crippen MR) is 84.6 cm³/mol. The number of methoxy groups -OCH3 is 1. The van der Waals surface area contributed by atoms with E-state index in [1.165, 1.54) is 24.0 Å². The van der Waals surface area contributed by atoms with Crippen LogP contribution in [0.5, 0.6) is 0 Å². The number of hydrogen-bond acceptors (Lipinski definition) is 6. The molecule has 0 unspecified atom stereocenters. The number of aromatic nitrogens is 1. The molecule has 1 aliphatic rings. The molecule has 1 aliphatic heterocycles. The molecule has 21 heavy (non-hydrogen) atoms. The summed E-state index contributed by atoms with van der Waals surface area (Å²) in [5.74, 6) is -0.391. The van der Waals surface area contributed by atoms with Crippen LogP contribution in [-0.4, -0.2) is 35.5 Å². The molecule has 0 saturated carbocycles. The molecule has 3 rings (SSSR count). The van der Waals surface area contributed by atoms with Gasteiger partial charge in [-0.3, -0.25) is 4.90 Å². The topological polar surface area (TPSA) is 68.4 Å². The molecule has 0 radical (unpaired) electrons. The SMILES string of the molecule is COC(=O)c1sc2nc3c(cc2c1N)CN(C(C)C)CC3. The Morgan fingerprint density at radius 2 is 2.29 bits per heavy atom. The molecule has 0 spiro atoms. The second-order valence-corrected chi connectivity index (χ2v) is 6.60. The minimum absolute atomic E-state index is 0.391. The van der Waals surface area contributed by atoms with E-state index in [9.17, 15) is 4.79 Å². The molecule has 2 N–H and O–H groups in total. The number of pyridine rings is 1. The summed E-state index contributed by atoms with van der Waals surface area (Å²) in [6.07, 6.45) is 0.939. The molecule has 0 aromatic carbocycles. The van der Waals surface area contributed by atoms with Crippen LogP contribution in [0.4, 0.5) is 5.69 Å². The molecule has 112 valence electrons. The monoisotopic (exact) mass is 305 g/mol. The first kappa shape index (κ1) is 14.3. The number of anilines is 1. The van der Waals surface area contributed by atoms with Gasteiger partial charge in [0.25, 0.3) is 0 Å². The van der Waals surface area contributed by atoms with Gasteiger partial charge in [0.05, 0.1) is 12.8 Å². The molecule has 3 heterocycles. The fourth-order valence-corrected chi connectivity index (χ4v) is 3.72. The van der Waals surface area contributed by atoms with Crippen molar-refractivity contribution < 1.29 is 9.53 Å². The van der Waals surface area contributed by atoms with E-state index >= 15 is 0 Å². The Hall–Kier alpha value is -1.66. The van der Waals surface area contributed by atoms with E-state index in [-0.39, 0.29) is 0 Å². The molecule has 5 nitrogen and oxygen atoms in total. The van der Waals surface area contributed by atoms with Crippen molar-refractivity contribution in [2.24, 2.45) is 0 Å². The summed E-state index contributed by atoms with van der Waals surface area (Å²) < 4.78 is 4.78. The maximum absolute atomic E-state index is 11.7. The average Bonchev–Trinajstić information content (AvgIpc) is 2.80. The van der Waals surface area contributed by atoms with Crippen molar-refractivity contribution in [3.63, 3.8) is 0 Å². The third kappa shape index (κ3) is 2.38. The molecule has 2 aromatic rings. The van der Waals surface area contributed by atoms with Gasteiger partial charge in [-0.05, 0) is 25.5 Å². The van der Waals surface area contributed by atoms with E-state index in [0.29, 0.717) is 16.6 Å². The van der Waals surface area contributed by atoms with Crippen LogP contribution in [-0.2, 0) is 17.7 Å². The molecular formula is C15H19N3O2S. The molecule has 0 aliphatic carbocycles. The Bertz CT molecular complexity index is 708. The minimum Gasteiger partial charge on any atom is -0.465 e. The quantitative estimate of drug-likeness (QED) is 0.863. The number of nitrogens with zero attached hydrogens (tertiary/aromatic N) is 2. The summed E-state index contributed by atoms with van der Waals surface area (Å²) in [6, 6.07) is 2.60. The fourth-order valence-electron chi connectivity index (χ4n) is 2.70. The summed E-state index contributed by atoms with van der Waals surface area (Å²) in [7, 11) is 1.37. The lowest BCUT2D eigenvalue weighted by Gasteiger charge is -2.31. The highest BCUT2D eigenvalue weighted by atomic mass is 32.1. The Kier molecular flexibility index (Phi) is 3.59. The molecule has 0 bridgehead atoms. The van der Waals surface area contributed by atoms with Crippen LogP contribution in [0.3, 0.4) is 0 Å². The van der Waals surface area contributed by atoms with Gasteiger partial charge in [0.15, 0.2) is 0 Å². The Balaban J connectivity index is 2.08. The molecule has 0 fully saturated rings. The molecular weight excluding hydrogens is 286 g/mol. The zero-order valence-electron chi connectivity index (χ0n) is 12.5. The van der Waals surface area contributed by atoms with Gasteiger partial charge in [-0.2, -0.15) is 0 Å². The van der Waals surface area contributed by atoms with Crippen LogP contribution < -0.4 is 5.73 Å². The standard InChI is InChI=1S/C15H19N3O2S/c1-8(2)18-5-4-11-9(7-18)6-10-12(16)13(15(19)20-3)21-14(10)17-11/h6,8H,4-5,7,16H2,1-3H3. The molecule has 6 heteroatoms. The zero-order chi connectivity index (χ0) is 15.1. The normalized spacial score (nSPS) is 15.4. The van der Waals surface area contributed by atoms with Gasteiger partial charge in [0, 0.05) is 36.6 Å². The van der Waals surface area contributed by atoms with Crippen molar-refractivity contribution in [1.82, 2.24) is 9.88 Å². The minimum atomic E-state index is -0.391. The van der Waals surface area contributed by atoms with Crippen LogP contribution in [0.2, 0.25) is 0 Å². The van der Waals surface area contributed by atoms with E-state index in [4.69, 9.17) is 15.5 Å². The number of hydrogen-bond donors (Lipinski definition) is 1. The summed E-state index contributed by atoms with van der Waals surface area (Å²) in [5, 5.41) is 0.866. The second kappa shape index (κ2) is 5.27. The van der Waals surface area contributed by atoms with E-state index in [1.54, 1.807) is 0 Å². The van der Waals surface area contributed by atoms with Crippen molar-refractivity contribution in [3.8, 4) is 0 Å². The molecule has 0 atom stereocenters. The van der Waals surface area contributed by atoms with Gasteiger partial charge in [0.2, 0.25) is 0 Å². The Morgan fingerprint density at radius 1 is 1.52 bits per heavy atom. The van der Waals surface area contributed by atoms with Gasteiger partial charge < -0.3 is 10.5 Å². The van der Waals surface area contributed by atoms with Crippen LogP contribution >= 0.6 is 11.3 Å². The fraction of sp³-hybridized carbons (Fsp3) is 0.467. The van der Waals surface area contributed by atoms with Crippen molar-refractivity contribution in [3.05, 3.63) is 22.2 Å². The van der Waals surface area contributed by atoms with Gasteiger partial charge in [-0.15, -0.1) is 11.3 Å². The summed E-state index contributed by atoms with van der Waals surface area (Å²) in [5.41, 5.74) is 8.92. The number of carbonyl (C=O) groups excluding carboxylic acids is 1. The van der Waals surface area contributed by atoms with Crippen LogP contribution in [0, 0.1) is 0 Å². The molecule has 0 saturated heterocycles.